The van der Waals surface area contributed by atoms with Gasteiger partial charge in [-0.15, -0.1) is 11.3 Å². The number of ether oxygens (including phenoxy) is 2. The molecule has 1 aromatic heterocycles. The van der Waals surface area contributed by atoms with Crippen molar-refractivity contribution in [1.29, 1.82) is 5.26 Å². The molecular weight excluding hydrogens is 540 g/mol. The van der Waals surface area contributed by atoms with Gasteiger partial charge < -0.3 is 9.47 Å². The number of benzene rings is 3. The molecule has 166 valence electrons. The van der Waals surface area contributed by atoms with E-state index in [9.17, 15) is 5.26 Å². The number of hydrogen-bond acceptors (Lipinski definition) is 6. The van der Waals surface area contributed by atoms with E-state index >= 15 is 0 Å². The predicted octanol–water partition coefficient (Wildman–Crippen LogP) is 8.35. The molecule has 0 radical (unpaired) electrons. The van der Waals surface area contributed by atoms with Gasteiger partial charge in [0.1, 0.15) is 12.7 Å². The number of hydrogen-bond donors (Lipinski definition) is 0. The van der Waals surface area contributed by atoms with Crippen LogP contribution in [0.25, 0.3) is 16.3 Å². The Kier molecular flexibility index (Phi) is 7.94. The Bertz CT molecular complexity index is 1330. The third-order valence-electron chi connectivity index (χ3n) is 4.54. The molecule has 0 atom stereocenters. The van der Waals surface area contributed by atoms with E-state index in [0.717, 1.165) is 30.2 Å². The summed E-state index contributed by atoms with van der Waals surface area (Å²) in [4.78, 5) is 5.14. The molecule has 0 amide bonds. The highest BCUT2D eigenvalue weighted by molar-refractivity contribution is 9.10. The van der Waals surface area contributed by atoms with Crippen LogP contribution in [0.3, 0.4) is 0 Å². The Morgan fingerprint density at radius 1 is 1.18 bits per heavy atom. The first-order valence-electron chi connectivity index (χ1n) is 10.0. The molecule has 33 heavy (non-hydrogen) atoms. The molecule has 0 fully saturated rings. The van der Waals surface area contributed by atoms with Crippen LogP contribution < -0.4 is 9.47 Å². The van der Waals surface area contributed by atoms with Crippen LogP contribution in [0, 0.1) is 11.3 Å². The van der Waals surface area contributed by atoms with Gasteiger partial charge in [0.2, 0.25) is 0 Å². The maximum Gasteiger partial charge on any atom is 0.175 e. The number of aromatic nitrogens is 1. The number of rotatable bonds is 8. The second-order valence-corrected chi connectivity index (χ2v) is 10.4. The largest absolute Gasteiger partial charge is 0.490 e. The number of thioether (sulfide) groups is 1. The highest BCUT2D eigenvalue weighted by Gasteiger charge is 2.14. The molecule has 0 aliphatic carbocycles. The van der Waals surface area contributed by atoms with Gasteiger partial charge in [-0.05, 0) is 76.6 Å². The first-order valence-corrected chi connectivity index (χ1v) is 12.9. The zero-order valence-corrected chi connectivity index (χ0v) is 21.5. The Balaban J connectivity index is 1.59. The summed E-state index contributed by atoms with van der Waals surface area (Å²) in [6.45, 7) is 2.70. The van der Waals surface area contributed by atoms with Crippen molar-refractivity contribution in [2.24, 2.45) is 0 Å². The molecular formula is C25H18BrClN2O2S2. The van der Waals surface area contributed by atoms with E-state index in [1.165, 1.54) is 11.8 Å². The zero-order valence-electron chi connectivity index (χ0n) is 17.5. The van der Waals surface area contributed by atoms with E-state index in [4.69, 9.17) is 21.1 Å². The minimum atomic E-state index is 0.310. The van der Waals surface area contributed by atoms with E-state index in [2.05, 4.69) is 27.0 Å². The van der Waals surface area contributed by atoms with E-state index in [1.54, 1.807) is 11.3 Å². The average molecular weight is 558 g/mol. The number of thiazole rings is 1. The summed E-state index contributed by atoms with van der Waals surface area (Å²) in [5.74, 6) is 1.18. The Labute approximate surface area is 214 Å². The molecule has 1 heterocycles. The highest BCUT2D eigenvalue weighted by atomic mass is 79.9. The monoisotopic (exact) mass is 556 g/mol. The molecule has 0 saturated heterocycles. The van der Waals surface area contributed by atoms with Crippen molar-refractivity contribution < 1.29 is 9.47 Å². The van der Waals surface area contributed by atoms with E-state index in [1.807, 2.05) is 73.7 Å². The normalized spacial score (nSPS) is 11.4. The summed E-state index contributed by atoms with van der Waals surface area (Å²) >= 11 is 12.8. The Hall–Kier alpha value is -2.50. The molecule has 8 heteroatoms. The molecule has 0 aliphatic heterocycles. The van der Waals surface area contributed by atoms with Crippen LogP contribution in [0.4, 0.5) is 0 Å². The van der Waals surface area contributed by atoms with Crippen LogP contribution in [0.15, 0.2) is 74.4 Å². The van der Waals surface area contributed by atoms with Gasteiger partial charge >= 0.3 is 0 Å². The number of allylic oxidation sites excluding steroid dienone is 1. The van der Waals surface area contributed by atoms with Gasteiger partial charge in [0.25, 0.3) is 0 Å². The first kappa shape index (κ1) is 23.7. The smallest absolute Gasteiger partial charge is 0.175 e. The summed E-state index contributed by atoms with van der Waals surface area (Å²) in [6.07, 6.45) is 1.82. The predicted molar refractivity (Wildman–Crippen MR) is 140 cm³/mol. The van der Waals surface area contributed by atoms with Crippen molar-refractivity contribution in [3.8, 4) is 17.6 Å². The van der Waals surface area contributed by atoms with E-state index in [0.29, 0.717) is 34.6 Å². The summed E-state index contributed by atoms with van der Waals surface area (Å²) in [5.41, 5.74) is 2.64. The molecule has 0 aliphatic rings. The molecule has 4 aromatic rings. The van der Waals surface area contributed by atoms with Crippen LogP contribution in [0.2, 0.25) is 5.02 Å². The topological polar surface area (TPSA) is 55.1 Å². The second-order valence-electron chi connectivity index (χ2n) is 6.81. The molecule has 0 unspecified atom stereocenters. The van der Waals surface area contributed by atoms with Crippen molar-refractivity contribution in [1.82, 2.24) is 4.98 Å². The van der Waals surface area contributed by atoms with Gasteiger partial charge in [-0.2, -0.15) is 5.26 Å². The van der Waals surface area contributed by atoms with Crippen molar-refractivity contribution >= 4 is 66.9 Å². The fourth-order valence-corrected chi connectivity index (χ4v) is 5.80. The number of para-hydroxylation sites is 1. The summed E-state index contributed by atoms with van der Waals surface area (Å²) in [6, 6.07) is 21.5. The molecule has 0 N–H and O–H groups in total. The lowest BCUT2D eigenvalue weighted by molar-refractivity contribution is 0.267. The van der Waals surface area contributed by atoms with Crippen LogP contribution >= 0.6 is 50.6 Å². The summed E-state index contributed by atoms with van der Waals surface area (Å²) in [5, 5.41) is 10.4. The third-order valence-corrected chi connectivity index (χ3v) is 7.52. The standard InChI is InChI=1S/C25H18BrClN2O2S2/c1-2-30-22-13-16(12-19(26)24(22)31-15-17-7-3-4-8-20(17)27)11-18(14-28)32-25-29-21-9-5-6-10-23(21)33-25/h3-13H,2,15H2,1H3/b18-11+. The molecule has 4 rings (SSSR count). The molecule has 0 spiro atoms. The van der Waals surface area contributed by atoms with Gasteiger partial charge in [-0.1, -0.05) is 41.9 Å². The Morgan fingerprint density at radius 2 is 1.97 bits per heavy atom. The lowest BCUT2D eigenvalue weighted by Crippen LogP contribution is -2.01. The maximum absolute atomic E-state index is 9.71. The fraction of sp³-hybridized carbons (Fsp3) is 0.120. The molecule has 0 saturated carbocycles. The zero-order chi connectivity index (χ0) is 23.2. The maximum atomic E-state index is 9.71. The van der Waals surface area contributed by atoms with E-state index in [-0.39, 0.29) is 0 Å². The number of halogens is 2. The van der Waals surface area contributed by atoms with Gasteiger partial charge in [0.15, 0.2) is 15.8 Å². The lowest BCUT2D eigenvalue weighted by atomic mass is 10.2. The van der Waals surface area contributed by atoms with Gasteiger partial charge in [0, 0.05) is 10.6 Å². The van der Waals surface area contributed by atoms with Crippen LogP contribution in [-0.2, 0) is 6.61 Å². The minimum Gasteiger partial charge on any atom is -0.490 e. The summed E-state index contributed by atoms with van der Waals surface area (Å²) in [7, 11) is 0. The first-order chi connectivity index (χ1) is 16.1. The lowest BCUT2D eigenvalue weighted by Gasteiger charge is -2.15. The van der Waals surface area contributed by atoms with E-state index < -0.39 is 0 Å². The quantitative estimate of drug-likeness (QED) is 0.161. The number of fused-ring (bicyclic) bond motifs is 1. The Morgan fingerprint density at radius 3 is 2.73 bits per heavy atom. The van der Waals surface area contributed by atoms with Gasteiger partial charge in [0.05, 0.1) is 26.2 Å². The number of nitrogens with zero attached hydrogens (tertiary/aromatic N) is 2. The fourth-order valence-electron chi connectivity index (χ4n) is 3.06. The average Bonchev–Trinajstić information content (AvgIpc) is 3.22. The van der Waals surface area contributed by atoms with Gasteiger partial charge in [-0.25, -0.2) is 4.98 Å². The van der Waals surface area contributed by atoms with Crippen LogP contribution in [0.5, 0.6) is 11.5 Å². The third kappa shape index (κ3) is 5.90. The number of nitriles is 1. The molecule has 0 bridgehead atoms. The van der Waals surface area contributed by atoms with Gasteiger partial charge in [-0.3, -0.25) is 0 Å². The molecule has 4 nitrogen and oxygen atoms in total. The van der Waals surface area contributed by atoms with Crippen molar-refractivity contribution in [2.45, 2.75) is 17.9 Å². The second kappa shape index (κ2) is 11.1. The SMILES string of the molecule is CCOc1cc(/C=C(\C#N)Sc2nc3ccccc3s2)cc(Br)c1OCc1ccccc1Cl. The van der Waals surface area contributed by atoms with Crippen molar-refractivity contribution in [3.05, 3.63) is 86.2 Å². The summed E-state index contributed by atoms with van der Waals surface area (Å²) < 4.78 is 14.5. The minimum absolute atomic E-state index is 0.310. The van der Waals surface area contributed by atoms with Crippen LogP contribution in [-0.4, -0.2) is 11.6 Å². The van der Waals surface area contributed by atoms with Crippen molar-refractivity contribution in [2.75, 3.05) is 6.61 Å². The van der Waals surface area contributed by atoms with Crippen LogP contribution in [0.1, 0.15) is 18.1 Å². The highest BCUT2D eigenvalue weighted by Crippen LogP contribution is 2.40. The van der Waals surface area contributed by atoms with Crippen molar-refractivity contribution in [3.63, 3.8) is 0 Å². The molecule has 3 aromatic carbocycles.